The molecule has 1 aromatic carbocycles. The Bertz CT molecular complexity index is 882. The minimum absolute atomic E-state index is 0.0516. The van der Waals surface area contributed by atoms with Gasteiger partial charge in [0.15, 0.2) is 0 Å². The quantitative estimate of drug-likeness (QED) is 0.262. The first kappa shape index (κ1) is 26.9. The van der Waals surface area contributed by atoms with Crippen LogP contribution in [-0.4, -0.2) is 76.3 Å². The van der Waals surface area contributed by atoms with Crippen molar-refractivity contribution in [3.63, 3.8) is 0 Å². The molecule has 5 unspecified atom stereocenters. The molecule has 10 nitrogen and oxygen atoms in total. The highest BCUT2D eigenvalue weighted by Gasteiger charge is 2.49. The van der Waals surface area contributed by atoms with Gasteiger partial charge in [0.05, 0.1) is 24.8 Å². The molecule has 1 aliphatic carbocycles. The number of carbonyl (C=O) groups excluding carboxylic acids is 3. The number of carbonyl (C=O) groups is 3. The number of nitrogens with one attached hydrogen (secondary N) is 2. The summed E-state index contributed by atoms with van der Waals surface area (Å²) in [6.07, 6.45) is -1.59. The average Bonchev–Trinajstić information content (AvgIpc) is 2.75. The van der Waals surface area contributed by atoms with Crippen LogP contribution in [0.25, 0.3) is 0 Å². The fraction of sp³-hybridized carbons (Fsp3) is 0.591. The number of methoxy groups -OCH3 is 1. The Labute approximate surface area is 197 Å². The second kappa shape index (κ2) is 11.2. The Balaban J connectivity index is 2.21. The predicted molar refractivity (Wildman–Crippen MR) is 123 cm³/mol. The molecule has 1 fully saturated rings. The van der Waals surface area contributed by atoms with E-state index < -0.39 is 54.0 Å². The number of hydrogen-bond donors (Lipinski definition) is 6. The molecule has 1 saturated carbocycles. The number of aliphatic hydroxyl groups is 3. The molecule has 11 heteroatoms. The van der Waals surface area contributed by atoms with Gasteiger partial charge in [-0.25, -0.2) is 0 Å². The van der Waals surface area contributed by atoms with E-state index in [4.69, 9.17) is 10.5 Å². The van der Waals surface area contributed by atoms with Crippen molar-refractivity contribution in [2.24, 2.45) is 11.7 Å². The van der Waals surface area contributed by atoms with E-state index >= 15 is 0 Å². The third-order valence-corrected chi connectivity index (χ3v) is 6.38. The van der Waals surface area contributed by atoms with E-state index in [0.717, 1.165) is 4.90 Å². The first-order valence-electron chi connectivity index (χ1n) is 10.6. The SMILES string of the molecule is COc1cc(SC)ccc1C(=O)NC1CC(O)(C(=O)NC(CC(C)C)C(N)=O)CC(O)C1O. The lowest BCUT2D eigenvalue weighted by Crippen LogP contribution is -2.64. The molecule has 0 radical (unpaired) electrons. The van der Waals surface area contributed by atoms with Gasteiger partial charge in [0.1, 0.15) is 23.5 Å². The summed E-state index contributed by atoms with van der Waals surface area (Å²) in [5, 5.41) is 36.8. The summed E-state index contributed by atoms with van der Waals surface area (Å²) >= 11 is 1.47. The van der Waals surface area contributed by atoms with Crippen molar-refractivity contribution >= 4 is 29.5 Å². The number of primary amides is 1. The molecule has 1 aromatic rings. The molecular weight excluding hydrogens is 450 g/mol. The highest BCUT2D eigenvalue weighted by Crippen LogP contribution is 2.31. The van der Waals surface area contributed by atoms with Crippen LogP contribution in [0.5, 0.6) is 5.75 Å². The molecule has 0 aromatic heterocycles. The van der Waals surface area contributed by atoms with E-state index in [-0.39, 0.29) is 24.3 Å². The standard InChI is InChI=1S/C22H33N3O7S/c1-11(2)7-14(19(23)28)25-21(30)22(31)9-15(18(27)16(26)10-22)24-20(29)13-6-5-12(33-4)8-17(13)32-3/h5-6,8,11,14-16,18,26-27,31H,7,9-10H2,1-4H3,(H2,23,28)(H,24,29)(H,25,30). The molecule has 0 heterocycles. The van der Waals surface area contributed by atoms with Crippen LogP contribution in [0.2, 0.25) is 0 Å². The molecular formula is C22H33N3O7S. The zero-order chi connectivity index (χ0) is 24.9. The molecule has 184 valence electrons. The Hall–Kier alpha value is -2.34. The lowest BCUT2D eigenvalue weighted by atomic mass is 9.77. The zero-order valence-electron chi connectivity index (χ0n) is 19.2. The maximum Gasteiger partial charge on any atom is 0.255 e. The summed E-state index contributed by atoms with van der Waals surface area (Å²) in [7, 11) is 1.42. The van der Waals surface area contributed by atoms with Gasteiger partial charge in [-0.2, -0.15) is 0 Å². The highest BCUT2D eigenvalue weighted by atomic mass is 32.2. The third kappa shape index (κ3) is 6.59. The summed E-state index contributed by atoms with van der Waals surface area (Å²) in [6.45, 7) is 3.70. The second-order valence-electron chi connectivity index (χ2n) is 8.70. The number of ether oxygens (including phenoxy) is 1. The van der Waals surface area contributed by atoms with E-state index in [2.05, 4.69) is 10.6 Å². The Morgan fingerprint density at radius 1 is 1.27 bits per heavy atom. The van der Waals surface area contributed by atoms with Gasteiger partial charge < -0.3 is 36.4 Å². The molecule has 7 N–H and O–H groups in total. The van der Waals surface area contributed by atoms with Gasteiger partial charge in [-0.15, -0.1) is 11.8 Å². The molecule has 3 amide bonds. The smallest absolute Gasteiger partial charge is 0.255 e. The van der Waals surface area contributed by atoms with Crippen LogP contribution in [0.3, 0.4) is 0 Å². The summed E-state index contributed by atoms with van der Waals surface area (Å²) < 4.78 is 5.28. The zero-order valence-corrected chi connectivity index (χ0v) is 20.0. The van der Waals surface area contributed by atoms with Gasteiger partial charge >= 0.3 is 0 Å². The summed E-state index contributed by atoms with van der Waals surface area (Å²) in [5.74, 6) is -1.89. The number of thioether (sulfide) groups is 1. The summed E-state index contributed by atoms with van der Waals surface area (Å²) in [5.41, 5.74) is 3.43. The number of amides is 3. The van der Waals surface area contributed by atoms with Gasteiger partial charge in [-0.3, -0.25) is 14.4 Å². The first-order chi connectivity index (χ1) is 15.4. The lowest BCUT2D eigenvalue weighted by Gasteiger charge is -2.42. The van der Waals surface area contributed by atoms with Crippen molar-refractivity contribution in [3.05, 3.63) is 23.8 Å². The molecule has 0 spiro atoms. The van der Waals surface area contributed by atoms with Gasteiger partial charge in [-0.1, -0.05) is 13.8 Å². The molecule has 5 atom stereocenters. The molecule has 33 heavy (non-hydrogen) atoms. The predicted octanol–water partition coefficient (Wildman–Crippen LogP) is -0.222. The van der Waals surface area contributed by atoms with E-state index in [1.807, 2.05) is 20.1 Å². The van der Waals surface area contributed by atoms with Gasteiger partial charge in [-0.05, 0) is 36.8 Å². The van der Waals surface area contributed by atoms with Crippen LogP contribution in [0.15, 0.2) is 23.1 Å². The fourth-order valence-electron chi connectivity index (χ4n) is 3.87. The lowest BCUT2D eigenvalue weighted by molar-refractivity contribution is -0.159. The number of rotatable bonds is 9. The molecule has 0 aliphatic heterocycles. The van der Waals surface area contributed by atoms with E-state index in [9.17, 15) is 29.7 Å². The van der Waals surface area contributed by atoms with Crippen molar-refractivity contribution < 1.29 is 34.4 Å². The van der Waals surface area contributed by atoms with E-state index in [1.165, 1.54) is 18.9 Å². The van der Waals surface area contributed by atoms with Crippen LogP contribution < -0.4 is 21.1 Å². The number of aliphatic hydroxyl groups excluding tert-OH is 2. The second-order valence-corrected chi connectivity index (χ2v) is 9.58. The normalized spacial score (nSPS) is 25.9. The first-order valence-corrected chi connectivity index (χ1v) is 11.9. The Morgan fingerprint density at radius 2 is 1.94 bits per heavy atom. The van der Waals surface area contributed by atoms with Gasteiger partial charge in [0, 0.05) is 17.7 Å². The maximum absolute atomic E-state index is 12.9. The summed E-state index contributed by atoms with van der Waals surface area (Å²) in [4.78, 5) is 38.3. The largest absolute Gasteiger partial charge is 0.496 e. The Morgan fingerprint density at radius 3 is 2.48 bits per heavy atom. The molecule has 2 rings (SSSR count). The van der Waals surface area contributed by atoms with E-state index in [1.54, 1.807) is 18.2 Å². The van der Waals surface area contributed by atoms with Crippen LogP contribution in [0.1, 0.15) is 43.5 Å². The molecule has 1 aliphatic rings. The number of hydrogen-bond acceptors (Lipinski definition) is 8. The van der Waals surface area contributed by atoms with Crippen molar-refractivity contribution in [1.29, 1.82) is 0 Å². The average molecular weight is 484 g/mol. The van der Waals surface area contributed by atoms with Gasteiger partial charge in [0.2, 0.25) is 5.91 Å². The van der Waals surface area contributed by atoms with Crippen LogP contribution in [0.4, 0.5) is 0 Å². The number of benzene rings is 1. The molecule has 0 bridgehead atoms. The topological polar surface area (TPSA) is 171 Å². The third-order valence-electron chi connectivity index (χ3n) is 5.66. The van der Waals surface area contributed by atoms with Crippen LogP contribution in [-0.2, 0) is 9.59 Å². The van der Waals surface area contributed by atoms with Crippen molar-refractivity contribution in [2.45, 2.75) is 67.9 Å². The van der Waals surface area contributed by atoms with Gasteiger partial charge in [0.25, 0.3) is 11.8 Å². The van der Waals surface area contributed by atoms with Crippen LogP contribution >= 0.6 is 11.8 Å². The van der Waals surface area contributed by atoms with Crippen LogP contribution in [0, 0.1) is 5.92 Å². The monoisotopic (exact) mass is 483 g/mol. The maximum atomic E-state index is 12.9. The summed E-state index contributed by atoms with van der Waals surface area (Å²) in [6, 6.07) is 2.84. The minimum atomic E-state index is -2.13. The molecule has 0 saturated heterocycles. The van der Waals surface area contributed by atoms with Crippen molar-refractivity contribution in [3.8, 4) is 5.75 Å². The highest BCUT2D eigenvalue weighted by molar-refractivity contribution is 7.98. The Kier molecular flexibility index (Phi) is 9.12. The van der Waals surface area contributed by atoms with E-state index in [0.29, 0.717) is 5.75 Å². The fourth-order valence-corrected chi connectivity index (χ4v) is 4.30. The number of nitrogens with two attached hydrogens (primary N) is 1. The van der Waals surface area contributed by atoms with Crippen molar-refractivity contribution in [1.82, 2.24) is 10.6 Å². The van der Waals surface area contributed by atoms with Crippen molar-refractivity contribution in [2.75, 3.05) is 13.4 Å². The minimum Gasteiger partial charge on any atom is -0.496 e.